The first-order chi connectivity index (χ1) is 7.63. The van der Waals surface area contributed by atoms with Crippen molar-refractivity contribution in [2.45, 2.75) is 5.75 Å². The SMILES string of the molecule is CSCc1nc(C(=O)O)c2cc(O)ccn12. The van der Waals surface area contributed by atoms with Gasteiger partial charge in [-0.1, -0.05) is 0 Å². The molecule has 2 heterocycles. The Bertz CT molecular complexity index is 550. The summed E-state index contributed by atoms with van der Waals surface area (Å²) in [5.74, 6) is 0.236. The van der Waals surface area contributed by atoms with Crippen molar-refractivity contribution in [2.75, 3.05) is 6.26 Å². The molecular formula is C10H10N2O3S. The molecule has 0 saturated heterocycles. The summed E-state index contributed by atoms with van der Waals surface area (Å²) in [6, 6.07) is 2.91. The summed E-state index contributed by atoms with van der Waals surface area (Å²) in [7, 11) is 0. The molecule has 6 heteroatoms. The number of imidazole rings is 1. The van der Waals surface area contributed by atoms with E-state index in [1.54, 1.807) is 22.4 Å². The Morgan fingerprint density at radius 1 is 1.62 bits per heavy atom. The zero-order valence-corrected chi connectivity index (χ0v) is 9.36. The fourth-order valence-electron chi connectivity index (χ4n) is 1.52. The molecule has 2 N–H and O–H groups in total. The molecule has 0 amide bonds. The van der Waals surface area contributed by atoms with E-state index in [0.717, 1.165) is 0 Å². The summed E-state index contributed by atoms with van der Waals surface area (Å²) in [4.78, 5) is 15.0. The van der Waals surface area contributed by atoms with E-state index in [2.05, 4.69) is 4.98 Å². The number of nitrogens with zero attached hydrogens (tertiary/aromatic N) is 2. The maximum Gasteiger partial charge on any atom is 0.356 e. The Labute approximate surface area is 95.7 Å². The van der Waals surface area contributed by atoms with E-state index in [4.69, 9.17) is 5.11 Å². The maximum absolute atomic E-state index is 11.0. The standard InChI is InChI=1S/C10H10N2O3S/c1-16-5-8-11-9(10(14)15)7-4-6(13)2-3-12(7)8/h2-4,13H,5H2,1H3,(H,14,15). The number of carboxylic acids is 1. The molecule has 0 atom stereocenters. The predicted octanol–water partition coefficient (Wildman–Crippen LogP) is 1.60. The molecule has 2 aromatic rings. The van der Waals surface area contributed by atoms with Crippen molar-refractivity contribution in [3.05, 3.63) is 29.8 Å². The Morgan fingerprint density at radius 3 is 3.00 bits per heavy atom. The van der Waals surface area contributed by atoms with E-state index >= 15 is 0 Å². The van der Waals surface area contributed by atoms with Gasteiger partial charge in [-0.05, 0) is 12.3 Å². The van der Waals surface area contributed by atoms with Gasteiger partial charge in [-0.25, -0.2) is 9.78 Å². The Hall–Kier alpha value is -1.69. The van der Waals surface area contributed by atoms with E-state index in [1.165, 1.54) is 12.1 Å². The van der Waals surface area contributed by atoms with Crippen molar-refractivity contribution in [1.29, 1.82) is 0 Å². The van der Waals surface area contributed by atoms with Crippen LogP contribution in [-0.2, 0) is 5.75 Å². The maximum atomic E-state index is 11.0. The van der Waals surface area contributed by atoms with Crippen LogP contribution in [0.25, 0.3) is 5.52 Å². The van der Waals surface area contributed by atoms with Gasteiger partial charge in [0.25, 0.3) is 0 Å². The molecule has 0 bridgehead atoms. The fourth-order valence-corrected chi connectivity index (χ4v) is 1.99. The summed E-state index contributed by atoms with van der Waals surface area (Å²) in [5.41, 5.74) is 0.386. The largest absolute Gasteiger partial charge is 0.508 e. The molecule has 0 aliphatic heterocycles. The molecule has 0 aliphatic rings. The molecule has 16 heavy (non-hydrogen) atoms. The zero-order valence-electron chi connectivity index (χ0n) is 8.54. The highest BCUT2D eigenvalue weighted by molar-refractivity contribution is 7.97. The Morgan fingerprint density at radius 2 is 2.38 bits per heavy atom. The first-order valence-corrected chi connectivity index (χ1v) is 5.95. The van der Waals surface area contributed by atoms with Gasteiger partial charge in [-0.3, -0.25) is 0 Å². The fraction of sp³-hybridized carbons (Fsp3) is 0.200. The first kappa shape index (κ1) is 10.8. The van der Waals surface area contributed by atoms with Crippen LogP contribution in [0, 0.1) is 0 Å². The number of hydrogen-bond acceptors (Lipinski definition) is 4. The van der Waals surface area contributed by atoms with Crippen LogP contribution in [0.3, 0.4) is 0 Å². The lowest BCUT2D eigenvalue weighted by Crippen LogP contribution is -1.97. The molecule has 0 aliphatic carbocycles. The van der Waals surface area contributed by atoms with Crippen molar-refractivity contribution in [1.82, 2.24) is 9.38 Å². The third-order valence-electron chi connectivity index (χ3n) is 2.18. The topological polar surface area (TPSA) is 74.8 Å². The number of aromatic carboxylic acids is 1. The van der Waals surface area contributed by atoms with Crippen LogP contribution in [-0.4, -0.2) is 31.8 Å². The van der Waals surface area contributed by atoms with Crippen LogP contribution < -0.4 is 0 Å². The number of aromatic hydroxyl groups is 1. The minimum atomic E-state index is -1.09. The summed E-state index contributed by atoms with van der Waals surface area (Å²) >= 11 is 1.56. The van der Waals surface area contributed by atoms with Crippen LogP contribution >= 0.6 is 11.8 Å². The van der Waals surface area contributed by atoms with E-state index in [1.807, 2.05) is 6.26 Å². The molecule has 0 saturated carbocycles. The number of fused-ring (bicyclic) bond motifs is 1. The molecule has 84 valence electrons. The molecule has 0 radical (unpaired) electrons. The third-order valence-corrected chi connectivity index (χ3v) is 2.72. The minimum Gasteiger partial charge on any atom is -0.508 e. The van der Waals surface area contributed by atoms with Crippen molar-refractivity contribution in [3.8, 4) is 5.75 Å². The lowest BCUT2D eigenvalue weighted by molar-refractivity contribution is 0.0693. The van der Waals surface area contributed by atoms with E-state index in [9.17, 15) is 9.90 Å². The highest BCUT2D eigenvalue weighted by Gasteiger charge is 2.16. The summed E-state index contributed by atoms with van der Waals surface area (Å²) in [6.07, 6.45) is 3.54. The quantitative estimate of drug-likeness (QED) is 0.849. The van der Waals surface area contributed by atoms with Gasteiger partial charge in [0.2, 0.25) is 0 Å². The summed E-state index contributed by atoms with van der Waals surface area (Å²) in [5, 5.41) is 18.3. The second kappa shape index (κ2) is 4.05. The lowest BCUT2D eigenvalue weighted by atomic mass is 10.3. The normalized spacial score (nSPS) is 10.8. The van der Waals surface area contributed by atoms with Gasteiger partial charge in [0.1, 0.15) is 11.6 Å². The van der Waals surface area contributed by atoms with E-state index in [0.29, 0.717) is 17.1 Å². The monoisotopic (exact) mass is 238 g/mol. The zero-order chi connectivity index (χ0) is 11.7. The number of thioether (sulfide) groups is 1. The van der Waals surface area contributed by atoms with Crippen molar-refractivity contribution < 1.29 is 15.0 Å². The molecule has 2 aromatic heterocycles. The predicted molar refractivity (Wildman–Crippen MR) is 61.0 cm³/mol. The minimum absolute atomic E-state index is 0.0278. The average Bonchev–Trinajstić information content (AvgIpc) is 2.57. The molecule has 0 fully saturated rings. The first-order valence-electron chi connectivity index (χ1n) is 4.55. The van der Waals surface area contributed by atoms with Crippen LogP contribution in [0.4, 0.5) is 0 Å². The number of rotatable bonds is 3. The third kappa shape index (κ3) is 1.71. The van der Waals surface area contributed by atoms with Crippen LogP contribution in [0.1, 0.15) is 16.3 Å². The summed E-state index contributed by atoms with van der Waals surface area (Å²) < 4.78 is 1.68. The molecule has 0 unspecified atom stereocenters. The Balaban J connectivity index is 2.71. The lowest BCUT2D eigenvalue weighted by Gasteiger charge is -1.99. The summed E-state index contributed by atoms with van der Waals surface area (Å²) in [6.45, 7) is 0. The number of carbonyl (C=O) groups is 1. The second-order valence-electron chi connectivity index (χ2n) is 3.25. The van der Waals surface area contributed by atoms with Gasteiger partial charge < -0.3 is 14.6 Å². The average molecular weight is 238 g/mol. The van der Waals surface area contributed by atoms with Crippen LogP contribution in [0.2, 0.25) is 0 Å². The molecule has 5 nitrogen and oxygen atoms in total. The van der Waals surface area contributed by atoms with E-state index in [-0.39, 0.29) is 11.4 Å². The van der Waals surface area contributed by atoms with Gasteiger partial charge in [0.15, 0.2) is 5.69 Å². The second-order valence-corrected chi connectivity index (χ2v) is 4.12. The number of carboxylic acid groups (broad SMARTS) is 1. The smallest absolute Gasteiger partial charge is 0.356 e. The van der Waals surface area contributed by atoms with Crippen LogP contribution in [0.15, 0.2) is 18.3 Å². The molecule has 0 aromatic carbocycles. The number of hydrogen-bond donors (Lipinski definition) is 2. The number of pyridine rings is 1. The van der Waals surface area contributed by atoms with Crippen molar-refractivity contribution in [3.63, 3.8) is 0 Å². The van der Waals surface area contributed by atoms with Gasteiger partial charge in [-0.2, -0.15) is 11.8 Å². The molecule has 2 rings (SSSR count). The van der Waals surface area contributed by atoms with Gasteiger partial charge in [0, 0.05) is 12.3 Å². The van der Waals surface area contributed by atoms with Gasteiger partial charge in [0.05, 0.1) is 11.3 Å². The Kier molecular flexibility index (Phi) is 2.74. The van der Waals surface area contributed by atoms with Crippen molar-refractivity contribution >= 4 is 23.2 Å². The van der Waals surface area contributed by atoms with Crippen LogP contribution in [0.5, 0.6) is 5.75 Å². The van der Waals surface area contributed by atoms with Gasteiger partial charge in [-0.15, -0.1) is 0 Å². The highest BCUT2D eigenvalue weighted by Crippen LogP contribution is 2.20. The molecular weight excluding hydrogens is 228 g/mol. The van der Waals surface area contributed by atoms with Gasteiger partial charge >= 0.3 is 5.97 Å². The number of aromatic nitrogens is 2. The molecule has 0 spiro atoms. The van der Waals surface area contributed by atoms with E-state index < -0.39 is 5.97 Å². The highest BCUT2D eigenvalue weighted by atomic mass is 32.2. The van der Waals surface area contributed by atoms with Crippen molar-refractivity contribution in [2.24, 2.45) is 0 Å².